The number of nitro benzene ring substituents is 1. The number of pyridine rings is 1. The highest BCUT2D eigenvalue weighted by molar-refractivity contribution is 5.92. The molecule has 0 saturated carbocycles. The zero-order valence-corrected chi connectivity index (χ0v) is 15.2. The molecule has 0 aliphatic rings. The van der Waals surface area contributed by atoms with E-state index in [2.05, 4.69) is 20.3 Å². The molecule has 2 N–H and O–H groups in total. The predicted molar refractivity (Wildman–Crippen MR) is 113 cm³/mol. The number of rotatable bonds is 4. The summed E-state index contributed by atoms with van der Waals surface area (Å²) in [6.07, 6.45) is 1.78. The average Bonchev–Trinajstić information content (AvgIpc) is 3.18. The number of hydrogen-bond acceptors (Lipinski definition) is 5. The number of aromatic amines is 1. The molecule has 7 nitrogen and oxygen atoms in total. The summed E-state index contributed by atoms with van der Waals surface area (Å²) in [4.78, 5) is 22.6. The fraction of sp³-hybridized carbons (Fsp3) is 0. The number of para-hydroxylation sites is 1. The van der Waals surface area contributed by atoms with Crippen molar-refractivity contribution in [1.29, 1.82) is 0 Å². The number of imidazole rings is 1. The molecule has 0 unspecified atom stereocenters. The quantitative estimate of drug-likeness (QED) is 0.320. The Kier molecular flexibility index (Phi) is 3.91. The molecule has 0 aliphatic carbocycles. The number of non-ortho nitro benzene ring substituents is 1. The van der Waals surface area contributed by atoms with Crippen molar-refractivity contribution in [3.63, 3.8) is 0 Å². The fourth-order valence-electron chi connectivity index (χ4n) is 3.32. The van der Waals surface area contributed by atoms with E-state index in [0.717, 1.165) is 33.4 Å². The molecule has 29 heavy (non-hydrogen) atoms. The van der Waals surface area contributed by atoms with E-state index in [9.17, 15) is 10.1 Å². The lowest BCUT2D eigenvalue weighted by Crippen LogP contribution is -1.92. The molecule has 3 aromatic carbocycles. The molecular weight excluding hydrogens is 366 g/mol. The number of hydrogen-bond donors (Lipinski definition) is 2. The molecule has 0 atom stereocenters. The van der Waals surface area contributed by atoms with E-state index in [1.807, 2.05) is 54.6 Å². The van der Waals surface area contributed by atoms with Gasteiger partial charge in [0.15, 0.2) is 0 Å². The summed E-state index contributed by atoms with van der Waals surface area (Å²) in [5.41, 5.74) is 5.12. The smallest absolute Gasteiger partial charge is 0.271 e. The Morgan fingerprint density at radius 3 is 2.59 bits per heavy atom. The summed E-state index contributed by atoms with van der Waals surface area (Å²) >= 11 is 0. The largest absolute Gasteiger partial charge is 0.355 e. The zero-order chi connectivity index (χ0) is 19.8. The fourth-order valence-corrected chi connectivity index (χ4v) is 3.32. The molecule has 0 spiro atoms. The summed E-state index contributed by atoms with van der Waals surface area (Å²) in [7, 11) is 0. The second-order valence-electron chi connectivity index (χ2n) is 6.62. The predicted octanol–water partition coefficient (Wildman–Crippen LogP) is 5.43. The van der Waals surface area contributed by atoms with Crippen LogP contribution in [0.2, 0.25) is 0 Å². The number of nitro groups is 1. The van der Waals surface area contributed by atoms with Crippen LogP contribution >= 0.6 is 0 Å². The average molecular weight is 381 g/mol. The van der Waals surface area contributed by atoms with Crippen LogP contribution in [0.1, 0.15) is 0 Å². The SMILES string of the molecule is O=[N+]([O-])c1ccc2[nH]c(-c3ccc(Nc4ccnc5ccccc45)cc3)nc2c1. The Balaban J connectivity index is 1.44. The first-order chi connectivity index (χ1) is 14.2. The van der Waals surface area contributed by atoms with Crippen molar-refractivity contribution in [3.8, 4) is 11.4 Å². The second-order valence-corrected chi connectivity index (χ2v) is 6.62. The van der Waals surface area contributed by atoms with Gasteiger partial charge in [0, 0.05) is 40.7 Å². The maximum absolute atomic E-state index is 10.9. The Bertz CT molecular complexity index is 1350. The molecule has 0 fully saturated rings. The van der Waals surface area contributed by atoms with E-state index < -0.39 is 4.92 Å². The van der Waals surface area contributed by atoms with Gasteiger partial charge in [0.1, 0.15) is 5.82 Å². The highest BCUT2D eigenvalue weighted by Gasteiger charge is 2.11. The Morgan fingerprint density at radius 1 is 0.931 bits per heavy atom. The van der Waals surface area contributed by atoms with Crippen LogP contribution in [0.3, 0.4) is 0 Å². The Hall–Kier alpha value is -4.26. The van der Waals surface area contributed by atoms with Crippen LogP contribution in [0.15, 0.2) is 79.0 Å². The van der Waals surface area contributed by atoms with E-state index in [-0.39, 0.29) is 5.69 Å². The zero-order valence-electron chi connectivity index (χ0n) is 15.2. The van der Waals surface area contributed by atoms with Crippen LogP contribution < -0.4 is 5.32 Å². The van der Waals surface area contributed by atoms with Crippen LogP contribution in [-0.4, -0.2) is 19.9 Å². The van der Waals surface area contributed by atoms with Gasteiger partial charge in [0.25, 0.3) is 5.69 Å². The maximum Gasteiger partial charge on any atom is 0.271 e. The molecule has 0 amide bonds. The van der Waals surface area contributed by atoms with E-state index in [4.69, 9.17) is 0 Å². The first-order valence-corrected chi connectivity index (χ1v) is 9.03. The molecule has 0 bridgehead atoms. The van der Waals surface area contributed by atoms with Crippen LogP contribution in [0, 0.1) is 10.1 Å². The van der Waals surface area contributed by atoms with Gasteiger partial charge in [-0.05, 0) is 42.5 Å². The molecule has 5 rings (SSSR count). The second kappa shape index (κ2) is 6.72. The standard InChI is InChI=1S/C22H15N5O2/c28-27(29)16-9-10-20-21(13-16)26-22(25-20)14-5-7-15(8-6-14)24-19-11-12-23-18-4-2-1-3-17(18)19/h1-13H,(H,23,24)(H,25,26). The van der Waals surface area contributed by atoms with Gasteiger partial charge in [-0.1, -0.05) is 18.2 Å². The van der Waals surface area contributed by atoms with Gasteiger partial charge in [-0.3, -0.25) is 15.1 Å². The third-order valence-electron chi connectivity index (χ3n) is 4.76. The molecule has 0 radical (unpaired) electrons. The summed E-state index contributed by atoms with van der Waals surface area (Å²) in [6, 6.07) is 22.4. The van der Waals surface area contributed by atoms with Crippen molar-refractivity contribution in [2.45, 2.75) is 0 Å². The molecule has 5 aromatic rings. The molecule has 0 aliphatic heterocycles. The van der Waals surface area contributed by atoms with Gasteiger partial charge in [0.2, 0.25) is 0 Å². The van der Waals surface area contributed by atoms with Gasteiger partial charge in [0.05, 0.1) is 21.5 Å². The van der Waals surface area contributed by atoms with Crippen LogP contribution in [0.4, 0.5) is 17.1 Å². The molecular formula is C22H15N5O2. The monoisotopic (exact) mass is 381 g/mol. The number of nitrogens with one attached hydrogen (secondary N) is 2. The van der Waals surface area contributed by atoms with Crippen molar-refractivity contribution < 1.29 is 4.92 Å². The molecule has 2 aromatic heterocycles. The highest BCUT2D eigenvalue weighted by Crippen LogP contribution is 2.28. The van der Waals surface area contributed by atoms with Gasteiger partial charge in [-0.2, -0.15) is 0 Å². The minimum absolute atomic E-state index is 0.0275. The van der Waals surface area contributed by atoms with E-state index in [1.165, 1.54) is 12.1 Å². The number of fused-ring (bicyclic) bond motifs is 2. The number of nitrogens with zero attached hydrogens (tertiary/aromatic N) is 3. The number of benzene rings is 3. The van der Waals surface area contributed by atoms with Crippen molar-refractivity contribution in [2.24, 2.45) is 0 Å². The highest BCUT2D eigenvalue weighted by atomic mass is 16.6. The maximum atomic E-state index is 10.9. The minimum atomic E-state index is -0.420. The lowest BCUT2D eigenvalue weighted by molar-refractivity contribution is -0.384. The lowest BCUT2D eigenvalue weighted by Gasteiger charge is -2.09. The van der Waals surface area contributed by atoms with Crippen molar-refractivity contribution >= 4 is 39.0 Å². The summed E-state index contributed by atoms with van der Waals surface area (Å²) in [5.74, 6) is 0.668. The van der Waals surface area contributed by atoms with Crippen molar-refractivity contribution in [3.05, 3.63) is 89.1 Å². The summed E-state index contributed by atoms with van der Waals surface area (Å²) in [6.45, 7) is 0. The Labute approximate surface area is 165 Å². The van der Waals surface area contributed by atoms with Crippen LogP contribution in [0.25, 0.3) is 33.3 Å². The molecule has 2 heterocycles. The lowest BCUT2D eigenvalue weighted by atomic mass is 10.1. The third kappa shape index (κ3) is 3.14. The van der Waals surface area contributed by atoms with E-state index >= 15 is 0 Å². The Morgan fingerprint density at radius 2 is 1.76 bits per heavy atom. The van der Waals surface area contributed by atoms with Gasteiger partial charge in [-0.25, -0.2) is 4.98 Å². The topological polar surface area (TPSA) is 96.7 Å². The number of aromatic nitrogens is 3. The number of H-pyrrole nitrogens is 1. The number of anilines is 2. The van der Waals surface area contributed by atoms with Crippen molar-refractivity contribution in [2.75, 3.05) is 5.32 Å². The summed E-state index contributed by atoms with van der Waals surface area (Å²) < 4.78 is 0. The first-order valence-electron chi connectivity index (χ1n) is 9.03. The van der Waals surface area contributed by atoms with Gasteiger partial charge >= 0.3 is 0 Å². The normalized spacial score (nSPS) is 11.0. The van der Waals surface area contributed by atoms with E-state index in [1.54, 1.807) is 12.3 Å². The van der Waals surface area contributed by atoms with Crippen LogP contribution in [0.5, 0.6) is 0 Å². The van der Waals surface area contributed by atoms with E-state index in [0.29, 0.717) is 11.3 Å². The first kappa shape index (κ1) is 16.9. The van der Waals surface area contributed by atoms with Crippen molar-refractivity contribution in [1.82, 2.24) is 15.0 Å². The summed E-state index contributed by atoms with van der Waals surface area (Å²) in [5, 5.41) is 15.4. The molecule has 7 heteroatoms. The third-order valence-corrected chi connectivity index (χ3v) is 4.76. The van der Waals surface area contributed by atoms with Crippen LogP contribution in [-0.2, 0) is 0 Å². The van der Waals surface area contributed by atoms with Gasteiger partial charge in [-0.15, -0.1) is 0 Å². The van der Waals surface area contributed by atoms with Gasteiger partial charge < -0.3 is 10.3 Å². The molecule has 0 saturated heterocycles. The minimum Gasteiger partial charge on any atom is -0.355 e. The molecule has 140 valence electrons.